The van der Waals surface area contributed by atoms with Crippen LogP contribution < -0.4 is 5.32 Å². The third kappa shape index (κ3) is 2.88. The normalized spacial score (nSPS) is 12.6. The number of aromatic hydroxyl groups is 1. The molecule has 0 fully saturated rings. The molecule has 1 aromatic carbocycles. The number of nitrogens with one attached hydrogen (secondary N) is 1. The van der Waals surface area contributed by atoms with Gasteiger partial charge in [-0.1, -0.05) is 18.2 Å². The van der Waals surface area contributed by atoms with Crippen molar-refractivity contribution in [3.63, 3.8) is 0 Å². The third-order valence-electron chi connectivity index (χ3n) is 2.78. The van der Waals surface area contributed by atoms with Gasteiger partial charge in [0.25, 0.3) is 0 Å². The molecule has 0 saturated heterocycles. The Kier molecular flexibility index (Phi) is 3.49. The van der Waals surface area contributed by atoms with Crippen LogP contribution in [-0.4, -0.2) is 5.11 Å². The summed E-state index contributed by atoms with van der Waals surface area (Å²) in [5.74, 6) is 2.15. The highest BCUT2D eigenvalue weighted by Gasteiger charge is 2.09. The third-order valence-corrected chi connectivity index (χ3v) is 2.78. The molecule has 0 aliphatic heterocycles. The Labute approximate surface area is 101 Å². The maximum Gasteiger partial charge on any atom is 0.120 e. The zero-order valence-electron chi connectivity index (χ0n) is 10.1. The lowest BCUT2D eigenvalue weighted by Crippen LogP contribution is -2.17. The molecule has 0 radical (unpaired) electrons. The fraction of sp³-hybridized carbons (Fsp3) is 0.286. The van der Waals surface area contributed by atoms with E-state index in [4.69, 9.17) is 4.42 Å². The number of phenols is 1. The van der Waals surface area contributed by atoms with Crippen LogP contribution in [0.25, 0.3) is 0 Å². The average Bonchev–Trinajstić information content (AvgIpc) is 2.74. The van der Waals surface area contributed by atoms with Gasteiger partial charge in [0.15, 0.2) is 0 Å². The number of furan rings is 1. The molecule has 17 heavy (non-hydrogen) atoms. The van der Waals surface area contributed by atoms with Gasteiger partial charge in [-0.05, 0) is 32.0 Å². The van der Waals surface area contributed by atoms with Gasteiger partial charge < -0.3 is 14.8 Å². The highest BCUT2D eigenvalue weighted by molar-refractivity contribution is 5.31. The standard InChI is InChI=1S/C14H17NO2/c1-10-7-8-14(17-10)11(2)15-9-12-5-3-4-6-13(12)16/h3-8,11,15-16H,9H2,1-2H3. The molecule has 1 heterocycles. The molecule has 0 saturated carbocycles. The van der Waals surface area contributed by atoms with Crippen molar-refractivity contribution in [2.75, 3.05) is 0 Å². The van der Waals surface area contributed by atoms with E-state index in [1.807, 2.05) is 44.2 Å². The number of phenolic OH excluding ortho intramolecular Hbond substituents is 1. The zero-order chi connectivity index (χ0) is 12.3. The molecule has 3 nitrogen and oxygen atoms in total. The van der Waals surface area contributed by atoms with Gasteiger partial charge in [-0.3, -0.25) is 0 Å². The molecule has 0 amide bonds. The van der Waals surface area contributed by atoms with E-state index in [1.54, 1.807) is 6.07 Å². The Morgan fingerprint density at radius 2 is 2.00 bits per heavy atom. The molecule has 1 atom stereocenters. The minimum absolute atomic E-state index is 0.128. The maximum atomic E-state index is 9.63. The molecule has 2 rings (SSSR count). The van der Waals surface area contributed by atoms with Crippen molar-refractivity contribution in [2.24, 2.45) is 0 Å². The van der Waals surface area contributed by atoms with Crippen molar-refractivity contribution >= 4 is 0 Å². The van der Waals surface area contributed by atoms with E-state index in [-0.39, 0.29) is 6.04 Å². The fourth-order valence-electron chi connectivity index (χ4n) is 1.71. The highest BCUT2D eigenvalue weighted by Crippen LogP contribution is 2.19. The van der Waals surface area contributed by atoms with Gasteiger partial charge in [-0.25, -0.2) is 0 Å². The lowest BCUT2D eigenvalue weighted by atomic mass is 10.2. The number of benzene rings is 1. The Morgan fingerprint density at radius 1 is 1.24 bits per heavy atom. The van der Waals surface area contributed by atoms with E-state index in [9.17, 15) is 5.11 Å². The summed E-state index contributed by atoms with van der Waals surface area (Å²) in [6, 6.07) is 11.4. The van der Waals surface area contributed by atoms with Crippen LogP contribution >= 0.6 is 0 Å². The Hall–Kier alpha value is -1.74. The van der Waals surface area contributed by atoms with Gasteiger partial charge in [0, 0.05) is 12.1 Å². The van der Waals surface area contributed by atoms with Gasteiger partial charge >= 0.3 is 0 Å². The van der Waals surface area contributed by atoms with Crippen LogP contribution in [-0.2, 0) is 6.54 Å². The van der Waals surface area contributed by atoms with Crippen LogP contribution in [0, 0.1) is 6.92 Å². The van der Waals surface area contributed by atoms with E-state index in [0.29, 0.717) is 12.3 Å². The lowest BCUT2D eigenvalue weighted by Gasteiger charge is -2.12. The van der Waals surface area contributed by atoms with Crippen LogP contribution in [0.15, 0.2) is 40.8 Å². The number of hydrogen-bond donors (Lipinski definition) is 2. The first-order valence-corrected chi connectivity index (χ1v) is 5.73. The molecule has 1 unspecified atom stereocenters. The second-order valence-electron chi connectivity index (χ2n) is 4.18. The first kappa shape index (κ1) is 11.7. The highest BCUT2D eigenvalue weighted by atomic mass is 16.3. The van der Waals surface area contributed by atoms with Crippen LogP contribution in [0.3, 0.4) is 0 Å². The summed E-state index contributed by atoms with van der Waals surface area (Å²) < 4.78 is 5.54. The topological polar surface area (TPSA) is 45.4 Å². The molecule has 0 bridgehead atoms. The molecule has 0 spiro atoms. The number of rotatable bonds is 4. The summed E-state index contributed by atoms with van der Waals surface area (Å²) in [4.78, 5) is 0. The molecule has 2 aromatic rings. The summed E-state index contributed by atoms with van der Waals surface area (Å²) in [5, 5.41) is 13.0. The summed E-state index contributed by atoms with van der Waals surface area (Å²) in [6.45, 7) is 4.59. The summed E-state index contributed by atoms with van der Waals surface area (Å²) in [6.07, 6.45) is 0. The van der Waals surface area contributed by atoms with Crippen molar-refractivity contribution in [3.05, 3.63) is 53.5 Å². The monoisotopic (exact) mass is 231 g/mol. The van der Waals surface area contributed by atoms with Crippen LogP contribution in [0.2, 0.25) is 0 Å². The largest absolute Gasteiger partial charge is 0.508 e. The van der Waals surface area contributed by atoms with Crippen LogP contribution in [0.4, 0.5) is 0 Å². The second kappa shape index (κ2) is 5.06. The van der Waals surface area contributed by atoms with Gasteiger partial charge in [-0.15, -0.1) is 0 Å². The van der Waals surface area contributed by atoms with E-state index < -0.39 is 0 Å². The van der Waals surface area contributed by atoms with Crippen molar-refractivity contribution in [1.82, 2.24) is 5.32 Å². The van der Waals surface area contributed by atoms with E-state index in [2.05, 4.69) is 5.32 Å². The Balaban J connectivity index is 1.97. The first-order valence-electron chi connectivity index (χ1n) is 5.73. The summed E-state index contributed by atoms with van der Waals surface area (Å²) in [7, 11) is 0. The number of aryl methyl sites for hydroxylation is 1. The van der Waals surface area contributed by atoms with Gasteiger partial charge in [-0.2, -0.15) is 0 Å². The van der Waals surface area contributed by atoms with Crippen molar-refractivity contribution in [2.45, 2.75) is 26.4 Å². The minimum atomic E-state index is 0.128. The Morgan fingerprint density at radius 3 is 2.65 bits per heavy atom. The van der Waals surface area contributed by atoms with Gasteiger partial charge in [0.05, 0.1) is 6.04 Å². The van der Waals surface area contributed by atoms with E-state index in [0.717, 1.165) is 17.1 Å². The lowest BCUT2D eigenvalue weighted by molar-refractivity contribution is 0.410. The molecule has 0 aliphatic rings. The second-order valence-corrected chi connectivity index (χ2v) is 4.18. The minimum Gasteiger partial charge on any atom is -0.508 e. The van der Waals surface area contributed by atoms with E-state index >= 15 is 0 Å². The molecule has 3 heteroatoms. The Bertz CT molecular complexity index is 490. The first-order chi connectivity index (χ1) is 8.16. The zero-order valence-corrected chi connectivity index (χ0v) is 10.1. The van der Waals surface area contributed by atoms with Crippen molar-refractivity contribution in [3.8, 4) is 5.75 Å². The molecule has 1 aromatic heterocycles. The van der Waals surface area contributed by atoms with Gasteiger partial charge in [0.1, 0.15) is 17.3 Å². The van der Waals surface area contributed by atoms with Gasteiger partial charge in [0.2, 0.25) is 0 Å². The smallest absolute Gasteiger partial charge is 0.120 e. The predicted molar refractivity (Wildman–Crippen MR) is 66.8 cm³/mol. The van der Waals surface area contributed by atoms with Crippen LogP contribution in [0.5, 0.6) is 5.75 Å². The van der Waals surface area contributed by atoms with Crippen molar-refractivity contribution < 1.29 is 9.52 Å². The molecule has 90 valence electrons. The fourth-order valence-corrected chi connectivity index (χ4v) is 1.71. The SMILES string of the molecule is Cc1ccc(C(C)NCc2ccccc2O)o1. The average molecular weight is 231 g/mol. The predicted octanol–water partition coefficient (Wildman–Crippen LogP) is 3.14. The molecular weight excluding hydrogens is 214 g/mol. The quantitative estimate of drug-likeness (QED) is 0.849. The summed E-state index contributed by atoms with van der Waals surface area (Å²) in [5.41, 5.74) is 0.891. The van der Waals surface area contributed by atoms with Crippen LogP contribution in [0.1, 0.15) is 30.0 Å². The molecular formula is C14H17NO2. The molecule has 0 aliphatic carbocycles. The molecule has 2 N–H and O–H groups in total. The van der Waals surface area contributed by atoms with E-state index in [1.165, 1.54) is 0 Å². The number of hydrogen-bond acceptors (Lipinski definition) is 3. The number of para-hydroxylation sites is 1. The summed E-state index contributed by atoms with van der Waals surface area (Å²) >= 11 is 0. The van der Waals surface area contributed by atoms with Crippen molar-refractivity contribution in [1.29, 1.82) is 0 Å². The maximum absolute atomic E-state index is 9.63.